The minimum Gasteiger partial charge on any atom is -0.385 e. The number of nitrogens with two attached hydrogens (primary N) is 2. The molecule has 34 heavy (non-hydrogen) atoms. The monoisotopic (exact) mass is 544 g/mol. The molecule has 196 valence electrons. The molecule has 1 unspecified atom stereocenters. The molecule has 14 nitrogen and oxygen atoms in total. The van der Waals surface area contributed by atoms with Crippen LogP contribution in [0.2, 0.25) is 0 Å². The largest absolute Gasteiger partial charge is 0.385 e. The summed E-state index contributed by atoms with van der Waals surface area (Å²) in [5, 5.41) is 10.3. The standard InChI is InChI=1S/C13H25N5O3S3.C4H7NO5/c1-4-18(15)11-9-17(6-5-7-21-3)24(19,20)13-10(11)8-12(22-13)23-16(2)14;6-1-2-9-3-4-10-5(7)8/h8,11H,4-7,9,14-15H2,1-3H3;1H,2-4H2. The van der Waals surface area contributed by atoms with Crippen LogP contribution in [0.15, 0.2) is 14.5 Å². The van der Waals surface area contributed by atoms with Crippen LogP contribution in [0, 0.1) is 10.1 Å². The first kappa shape index (κ1) is 30.6. The first-order valence-electron chi connectivity index (χ1n) is 10.2. The molecule has 0 fully saturated rings. The number of nitrogens with zero attached hydrogens (tertiary/aromatic N) is 4. The molecular weight excluding hydrogens is 512 g/mol. The molecule has 0 aromatic carbocycles. The summed E-state index contributed by atoms with van der Waals surface area (Å²) in [7, 11) is -0.188. The molecule has 1 atom stereocenters. The summed E-state index contributed by atoms with van der Waals surface area (Å²) in [6.07, 6.45) is 1.21. The van der Waals surface area contributed by atoms with Gasteiger partial charge in [-0.3, -0.25) is 11.7 Å². The van der Waals surface area contributed by atoms with Crippen LogP contribution >= 0.6 is 23.3 Å². The van der Waals surface area contributed by atoms with Gasteiger partial charge >= 0.3 is 0 Å². The van der Waals surface area contributed by atoms with Crippen LogP contribution in [0.25, 0.3) is 0 Å². The van der Waals surface area contributed by atoms with Crippen LogP contribution in [0.3, 0.4) is 0 Å². The van der Waals surface area contributed by atoms with Gasteiger partial charge in [0, 0.05) is 46.0 Å². The lowest BCUT2D eigenvalue weighted by Crippen LogP contribution is -2.47. The van der Waals surface area contributed by atoms with E-state index in [9.17, 15) is 23.3 Å². The maximum Gasteiger partial charge on any atom is 0.294 e. The number of hydrazine groups is 2. The quantitative estimate of drug-likeness (QED) is 0.0812. The number of sulfonamides is 1. The Balaban J connectivity index is 0.000000489. The van der Waals surface area contributed by atoms with Crippen LogP contribution in [-0.2, 0) is 29.1 Å². The van der Waals surface area contributed by atoms with Crippen LogP contribution in [0.1, 0.15) is 24.9 Å². The number of rotatable bonds is 14. The van der Waals surface area contributed by atoms with Gasteiger partial charge in [0.15, 0.2) is 0 Å². The Morgan fingerprint density at radius 3 is 2.65 bits per heavy atom. The average Bonchev–Trinajstić information content (AvgIpc) is 3.19. The van der Waals surface area contributed by atoms with Crippen molar-refractivity contribution in [1.82, 2.24) is 13.7 Å². The van der Waals surface area contributed by atoms with Gasteiger partial charge in [-0.15, -0.1) is 21.5 Å². The van der Waals surface area contributed by atoms with Crippen molar-refractivity contribution in [2.24, 2.45) is 11.7 Å². The van der Waals surface area contributed by atoms with E-state index in [4.69, 9.17) is 16.4 Å². The van der Waals surface area contributed by atoms with Crippen molar-refractivity contribution in [3.63, 3.8) is 0 Å². The van der Waals surface area contributed by atoms with Crippen molar-refractivity contribution in [2.75, 3.05) is 60.2 Å². The van der Waals surface area contributed by atoms with Crippen molar-refractivity contribution in [3.8, 4) is 0 Å². The van der Waals surface area contributed by atoms with E-state index in [1.54, 1.807) is 19.2 Å². The smallest absolute Gasteiger partial charge is 0.294 e. The molecule has 0 aliphatic carbocycles. The fraction of sp³-hybridized carbons (Fsp3) is 0.706. The Labute approximate surface area is 207 Å². The highest BCUT2D eigenvalue weighted by Gasteiger charge is 2.40. The molecule has 0 bridgehead atoms. The van der Waals surface area contributed by atoms with Crippen molar-refractivity contribution < 1.29 is 32.6 Å². The molecule has 4 N–H and O–H groups in total. The molecule has 1 aromatic rings. The molecule has 17 heteroatoms. The van der Waals surface area contributed by atoms with Crippen LogP contribution < -0.4 is 11.7 Å². The van der Waals surface area contributed by atoms with E-state index in [2.05, 4.69) is 9.57 Å². The zero-order valence-corrected chi connectivity index (χ0v) is 21.8. The number of fused-ring (bicyclic) bond motifs is 1. The van der Waals surface area contributed by atoms with Crippen molar-refractivity contribution in [1.29, 1.82) is 0 Å². The van der Waals surface area contributed by atoms with Gasteiger partial charge in [-0.05, 0) is 24.4 Å². The molecule has 0 amide bonds. The molecule has 1 aliphatic rings. The highest BCUT2D eigenvalue weighted by atomic mass is 32.3. The second kappa shape index (κ2) is 15.6. The molecular formula is C17H32N6O8S3. The van der Waals surface area contributed by atoms with Gasteiger partial charge in [0.2, 0.25) is 0 Å². The van der Waals surface area contributed by atoms with Gasteiger partial charge < -0.3 is 19.1 Å². The van der Waals surface area contributed by atoms with E-state index >= 15 is 0 Å². The van der Waals surface area contributed by atoms with Gasteiger partial charge in [0.25, 0.3) is 15.1 Å². The highest BCUT2D eigenvalue weighted by molar-refractivity contribution is 7.99. The summed E-state index contributed by atoms with van der Waals surface area (Å²) in [5.74, 6) is 11.8. The van der Waals surface area contributed by atoms with E-state index in [0.717, 1.165) is 9.77 Å². The number of hydrogen-bond donors (Lipinski definition) is 2. The zero-order chi connectivity index (χ0) is 25.7. The second-order valence-electron chi connectivity index (χ2n) is 6.80. The Bertz CT molecular complexity index is 869. The Hall–Kier alpha value is -1.41. The summed E-state index contributed by atoms with van der Waals surface area (Å²) in [6, 6.07) is 1.72. The third-order valence-electron chi connectivity index (χ3n) is 4.38. The first-order valence-corrected chi connectivity index (χ1v) is 13.2. The first-order chi connectivity index (χ1) is 16.1. The average molecular weight is 545 g/mol. The van der Waals surface area contributed by atoms with E-state index in [-0.39, 0.29) is 25.9 Å². The molecule has 0 spiro atoms. The van der Waals surface area contributed by atoms with Gasteiger partial charge in [0.05, 0.1) is 16.9 Å². The molecule has 1 aliphatic heterocycles. The highest BCUT2D eigenvalue weighted by Crippen LogP contribution is 2.43. The molecule has 2 heterocycles. The number of methoxy groups -OCH3 is 1. The summed E-state index contributed by atoms with van der Waals surface area (Å²) in [4.78, 5) is 23.0. The maximum absolute atomic E-state index is 12.9. The summed E-state index contributed by atoms with van der Waals surface area (Å²) < 4.78 is 39.6. The van der Waals surface area contributed by atoms with Gasteiger partial charge in [-0.2, -0.15) is 8.72 Å². The number of hydrogen-bond acceptors (Lipinski definition) is 14. The topological polar surface area (TPSA) is 184 Å². The zero-order valence-electron chi connectivity index (χ0n) is 19.3. The third kappa shape index (κ3) is 9.68. The number of carbonyl (C=O) groups is 1. The predicted octanol–water partition coefficient (Wildman–Crippen LogP) is 0.248. The van der Waals surface area contributed by atoms with Crippen molar-refractivity contribution in [3.05, 3.63) is 21.7 Å². The lowest BCUT2D eigenvalue weighted by molar-refractivity contribution is -0.758. The third-order valence-corrected chi connectivity index (χ3v) is 8.77. The van der Waals surface area contributed by atoms with Crippen LogP contribution in [0.4, 0.5) is 0 Å². The van der Waals surface area contributed by atoms with Gasteiger partial charge in [-0.1, -0.05) is 6.92 Å². The number of thiophene rings is 1. The fourth-order valence-corrected chi connectivity index (χ4v) is 7.39. The van der Waals surface area contributed by atoms with Crippen molar-refractivity contribution >= 4 is 39.6 Å². The Morgan fingerprint density at radius 1 is 1.38 bits per heavy atom. The predicted molar refractivity (Wildman–Crippen MR) is 127 cm³/mol. The van der Waals surface area contributed by atoms with Gasteiger partial charge in [-0.25, -0.2) is 13.4 Å². The summed E-state index contributed by atoms with van der Waals surface area (Å²) in [6.45, 7) is 3.73. The number of ether oxygens (including phenoxy) is 2. The lowest BCUT2D eigenvalue weighted by atomic mass is 10.1. The van der Waals surface area contributed by atoms with E-state index in [1.165, 1.54) is 32.0 Å². The Kier molecular flexibility index (Phi) is 14.0. The minimum atomic E-state index is -3.51. The molecule has 0 saturated heterocycles. The van der Waals surface area contributed by atoms with E-state index in [0.29, 0.717) is 43.2 Å². The summed E-state index contributed by atoms with van der Waals surface area (Å²) >= 11 is 2.55. The number of likely N-dealkylation sites (N-methyl/N-ethyl adjacent to an activating group) is 1. The van der Waals surface area contributed by atoms with Crippen LogP contribution in [0.5, 0.6) is 0 Å². The number of aldehydes is 1. The maximum atomic E-state index is 12.9. The minimum absolute atomic E-state index is 0.0545. The second-order valence-corrected chi connectivity index (χ2v) is 11.4. The SMILES string of the molecule is CCN(N)C1CN(CCCOC)S(=O)(=O)c2sc(SN(C)N)cc21.O=CCOCCO[N+](=O)[O-]. The Morgan fingerprint density at radius 2 is 2.09 bits per heavy atom. The molecule has 2 rings (SSSR count). The van der Waals surface area contributed by atoms with Crippen molar-refractivity contribution in [2.45, 2.75) is 27.8 Å². The normalized spacial score (nSPS) is 17.2. The fourth-order valence-electron chi connectivity index (χ4n) is 2.90. The van der Waals surface area contributed by atoms with E-state index in [1.807, 2.05) is 13.0 Å². The molecule has 1 aromatic heterocycles. The van der Waals surface area contributed by atoms with Gasteiger partial charge in [0.1, 0.15) is 23.7 Å². The molecule has 0 radical (unpaired) electrons. The van der Waals surface area contributed by atoms with E-state index < -0.39 is 15.1 Å². The molecule has 0 saturated carbocycles. The summed E-state index contributed by atoms with van der Waals surface area (Å²) in [5.41, 5.74) is 0.761. The van der Waals surface area contributed by atoms with Crippen LogP contribution in [-0.4, -0.2) is 93.7 Å². The lowest BCUT2D eigenvalue weighted by Gasteiger charge is -2.36. The number of carbonyl (C=O) groups excluding carboxylic acids is 1.